The zero-order valence-corrected chi connectivity index (χ0v) is 13.4. The minimum Gasteiger partial charge on any atom is -0.426 e. The predicted octanol–water partition coefficient (Wildman–Crippen LogP) is 3.25. The largest absolute Gasteiger partial charge is 0.426 e. The summed E-state index contributed by atoms with van der Waals surface area (Å²) in [6.07, 6.45) is 0. The van der Waals surface area contributed by atoms with E-state index >= 15 is 0 Å². The molecular weight excluding hydrogens is 304 g/mol. The predicted molar refractivity (Wildman–Crippen MR) is 86.1 cm³/mol. The molecule has 2 aromatic rings. The molecule has 1 saturated carbocycles. The molecule has 5 rings (SSSR count). The van der Waals surface area contributed by atoms with Crippen molar-refractivity contribution >= 4 is 11.9 Å². The molecule has 24 heavy (non-hydrogen) atoms. The first-order valence-electron chi connectivity index (χ1n) is 8.19. The lowest BCUT2D eigenvalue weighted by Gasteiger charge is -2.53. The van der Waals surface area contributed by atoms with Gasteiger partial charge in [0.1, 0.15) is 11.5 Å². The molecule has 4 heteroatoms. The van der Waals surface area contributed by atoms with Gasteiger partial charge in [0.25, 0.3) is 0 Å². The maximum Gasteiger partial charge on any atom is 0.315 e. The van der Waals surface area contributed by atoms with Crippen LogP contribution in [-0.4, -0.2) is 11.9 Å². The standard InChI is InChI=1S/C20H16O4/c1-9-3-5-13-11(7-9)15-17(19(21)23-13)16-12-8-10(2)4-6-14(12)24-20(22)18(15)16/h3-8,15-18H,1-2H3. The summed E-state index contributed by atoms with van der Waals surface area (Å²) >= 11 is 0. The van der Waals surface area contributed by atoms with Crippen molar-refractivity contribution in [3.8, 4) is 11.5 Å². The molecule has 0 unspecified atom stereocenters. The number of hydrogen-bond acceptors (Lipinski definition) is 4. The van der Waals surface area contributed by atoms with Crippen molar-refractivity contribution in [3.05, 3.63) is 58.7 Å². The van der Waals surface area contributed by atoms with Crippen LogP contribution >= 0.6 is 0 Å². The van der Waals surface area contributed by atoms with Crippen molar-refractivity contribution in [1.29, 1.82) is 0 Å². The number of rotatable bonds is 0. The van der Waals surface area contributed by atoms with Gasteiger partial charge in [-0.25, -0.2) is 0 Å². The molecule has 0 spiro atoms. The molecule has 0 N–H and O–H groups in total. The summed E-state index contributed by atoms with van der Waals surface area (Å²) in [4.78, 5) is 25.2. The van der Waals surface area contributed by atoms with E-state index in [0.717, 1.165) is 22.3 Å². The molecule has 1 fully saturated rings. The van der Waals surface area contributed by atoms with Crippen LogP contribution in [0.15, 0.2) is 36.4 Å². The summed E-state index contributed by atoms with van der Waals surface area (Å²) < 4.78 is 11.1. The maximum absolute atomic E-state index is 12.6. The summed E-state index contributed by atoms with van der Waals surface area (Å²) in [5.41, 5.74) is 4.09. The first kappa shape index (κ1) is 13.8. The molecule has 2 heterocycles. The molecule has 1 aliphatic carbocycles. The SMILES string of the molecule is Cc1ccc2c(c1)C1C(C(=O)O2)C2c3cc(C)ccc3OC(=O)C12. The fourth-order valence-electron chi connectivity index (χ4n) is 4.50. The topological polar surface area (TPSA) is 52.6 Å². The molecule has 2 aromatic carbocycles. The third kappa shape index (κ3) is 1.63. The van der Waals surface area contributed by atoms with Gasteiger partial charge in [-0.1, -0.05) is 35.4 Å². The molecule has 4 nitrogen and oxygen atoms in total. The first-order chi connectivity index (χ1) is 11.5. The van der Waals surface area contributed by atoms with Crippen LogP contribution in [-0.2, 0) is 9.59 Å². The Bertz CT molecular complexity index is 830. The number of hydrogen-bond donors (Lipinski definition) is 0. The fraction of sp³-hybridized carbons (Fsp3) is 0.300. The fourth-order valence-corrected chi connectivity index (χ4v) is 4.50. The van der Waals surface area contributed by atoms with Crippen LogP contribution in [0.1, 0.15) is 34.1 Å². The summed E-state index contributed by atoms with van der Waals surface area (Å²) in [5, 5.41) is 0. The van der Waals surface area contributed by atoms with Crippen LogP contribution in [0.4, 0.5) is 0 Å². The lowest BCUT2D eigenvalue weighted by atomic mass is 9.51. The molecular formula is C20H16O4. The van der Waals surface area contributed by atoms with Gasteiger partial charge in [0.15, 0.2) is 0 Å². The van der Waals surface area contributed by atoms with Crippen molar-refractivity contribution < 1.29 is 19.1 Å². The zero-order valence-electron chi connectivity index (χ0n) is 13.4. The van der Waals surface area contributed by atoms with Crippen molar-refractivity contribution in [2.45, 2.75) is 25.7 Å². The molecule has 0 bridgehead atoms. The number of carbonyl (C=O) groups is 2. The van der Waals surface area contributed by atoms with Gasteiger partial charge in [-0.15, -0.1) is 0 Å². The number of ether oxygens (including phenoxy) is 2. The summed E-state index contributed by atoms with van der Waals surface area (Å²) in [6.45, 7) is 4.00. The highest BCUT2D eigenvalue weighted by Crippen LogP contribution is 2.64. The van der Waals surface area contributed by atoms with Gasteiger partial charge in [0.05, 0.1) is 11.8 Å². The van der Waals surface area contributed by atoms with E-state index in [4.69, 9.17) is 9.47 Å². The number of esters is 2. The Morgan fingerprint density at radius 3 is 1.50 bits per heavy atom. The Kier molecular flexibility index (Phi) is 2.57. The van der Waals surface area contributed by atoms with Gasteiger partial charge in [-0.05, 0) is 26.0 Å². The molecule has 3 aliphatic rings. The van der Waals surface area contributed by atoms with Crippen molar-refractivity contribution in [3.63, 3.8) is 0 Å². The lowest BCUT2D eigenvalue weighted by molar-refractivity contribution is -0.161. The van der Waals surface area contributed by atoms with Crippen molar-refractivity contribution in [2.75, 3.05) is 0 Å². The van der Waals surface area contributed by atoms with Crippen LogP contribution < -0.4 is 9.47 Å². The minimum atomic E-state index is -0.308. The van der Waals surface area contributed by atoms with Crippen molar-refractivity contribution in [1.82, 2.24) is 0 Å². The Hall–Kier alpha value is -2.62. The van der Waals surface area contributed by atoms with Crippen LogP contribution in [0.25, 0.3) is 0 Å². The number of aryl methyl sites for hydroxylation is 2. The third-order valence-corrected chi connectivity index (χ3v) is 5.56. The van der Waals surface area contributed by atoms with Gasteiger partial charge in [-0.3, -0.25) is 9.59 Å². The average Bonchev–Trinajstić information content (AvgIpc) is 2.50. The van der Waals surface area contributed by atoms with E-state index in [1.807, 2.05) is 50.2 Å². The number of benzene rings is 2. The van der Waals surface area contributed by atoms with Gasteiger partial charge in [0.2, 0.25) is 0 Å². The van der Waals surface area contributed by atoms with E-state index in [-0.39, 0.29) is 35.6 Å². The minimum absolute atomic E-state index is 0.146. The Balaban J connectivity index is 1.68. The van der Waals surface area contributed by atoms with E-state index in [1.54, 1.807) is 0 Å². The number of carbonyl (C=O) groups excluding carboxylic acids is 2. The first-order valence-corrected chi connectivity index (χ1v) is 8.19. The van der Waals surface area contributed by atoms with Gasteiger partial charge < -0.3 is 9.47 Å². The zero-order chi connectivity index (χ0) is 16.6. The molecule has 0 radical (unpaired) electrons. The Labute approximate surface area is 139 Å². The smallest absolute Gasteiger partial charge is 0.315 e. The van der Waals surface area contributed by atoms with Crippen LogP contribution in [0.3, 0.4) is 0 Å². The van der Waals surface area contributed by atoms with Gasteiger partial charge in [0, 0.05) is 23.0 Å². The molecule has 2 aliphatic heterocycles. The normalized spacial score (nSPS) is 29.2. The number of fused-ring (bicyclic) bond motifs is 8. The highest BCUT2D eigenvalue weighted by atomic mass is 16.5. The van der Waals surface area contributed by atoms with E-state index in [2.05, 4.69) is 0 Å². The highest BCUT2D eigenvalue weighted by Gasteiger charge is 2.64. The van der Waals surface area contributed by atoms with Crippen molar-refractivity contribution in [2.24, 2.45) is 11.8 Å². The third-order valence-electron chi connectivity index (χ3n) is 5.56. The van der Waals surface area contributed by atoms with Gasteiger partial charge in [-0.2, -0.15) is 0 Å². The second-order valence-electron chi connectivity index (χ2n) is 7.03. The van der Waals surface area contributed by atoms with Crippen LogP contribution in [0.5, 0.6) is 11.5 Å². The van der Waals surface area contributed by atoms with E-state index < -0.39 is 0 Å². The average molecular weight is 320 g/mol. The highest BCUT2D eigenvalue weighted by molar-refractivity contribution is 5.91. The summed E-state index contributed by atoms with van der Waals surface area (Å²) in [6, 6.07) is 11.5. The molecule has 120 valence electrons. The van der Waals surface area contributed by atoms with E-state index in [9.17, 15) is 9.59 Å². The molecule has 0 saturated heterocycles. The molecule has 0 aromatic heterocycles. The summed E-state index contributed by atoms with van der Waals surface area (Å²) in [5.74, 6) is -0.226. The monoisotopic (exact) mass is 320 g/mol. The van der Waals surface area contributed by atoms with Crippen LogP contribution in [0.2, 0.25) is 0 Å². The Morgan fingerprint density at radius 1 is 0.667 bits per heavy atom. The Morgan fingerprint density at radius 2 is 1.08 bits per heavy atom. The second kappa shape index (κ2) is 4.47. The summed E-state index contributed by atoms with van der Waals surface area (Å²) in [7, 11) is 0. The van der Waals surface area contributed by atoms with E-state index in [1.165, 1.54) is 0 Å². The van der Waals surface area contributed by atoms with Gasteiger partial charge >= 0.3 is 11.9 Å². The molecule has 0 amide bonds. The second-order valence-corrected chi connectivity index (χ2v) is 7.03. The van der Waals surface area contributed by atoms with Crippen LogP contribution in [0, 0.1) is 25.7 Å². The molecule has 0 atom stereocenters. The van der Waals surface area contributed by atoms with E-state index in [0.29, 0.717) is 11.5 Å². The lowest BCUT2D eigenvalue weighted by Crippen LogP contribution is -2.56. The quantitative estimate of drug-likeness (QED) is 0.552. The maximum atomic E-state index is 12.6.